The molecule has 2 aromatic rings. The van der Waals surface area contributed by atoms with Crippen molar-refractivity contribution in [1.29, 1.82) is 0 Å². The highest BCUT2D eigenvalue weighted by Gasteiger charge is 2.18. The van der Waals surface area contributed by atoms with E-state index in [1.165, 1.54) is 0 Å². The Morgan fingerprint density at radius 1 is 1.38 bits per heavy atom. The molecule has 1 unspecified atom stereocenters. The van der Waals surface area contributed by atoms with E-state index >= 15 is 0 Å². The fraction of sp³-hybridized carbons (Fsp3) is 0.412. The highest BCUT2D eigenvalue weighted by atomic mass is 16.5. The van der Waals surface area contributed by atoms with E-state index in [1.54, 1.807) is 11.1 Å². The average molecular weight is 286 g/mol. The molecule has 1 aromatic heterocycles. The standard InChI is InChI=1S/C17H22N2O2/c1-4-10-21-13(2)17(20)19(3)12-15-7-5-6-14-11-18-9-8-16(14)15/h5-9,11,13H,4,10,12H2,1-3H3. The van der Waals surface area contributed by atoms with Gasteiger partial charge in [0, 0.05) is 38.0 Å². The Hall–Kier alpha value is -1.94. The van der Waals surface area contributed by atoms with Crippen LogP contribution in [0.4, 0.5) is 0 Å². The van der Waals surface area contributed by atoms with Crippen molar-refractivity contribution in [3.63, 3.8) is 0 Å². The summed E-state index contributed by atoms with van der Waals surface area (Å²) in [5.74, 6) is 0.00880. The number of amides is 1. The van der Waals surface area contributed by atoms with Gasteiger partial charge < -0.3 is 9.64 Å². The number of hydrogen-bond donors (Lipinski definition) is 0. The van der Waals surface area contributed by atoms with Gasteiger partial charge in [-0.15, -0.1) is 0 Å². The number of benzene rings is 1. The van der Waals surface area contributed by atoms with Crippen molar-refractivity contribution < 1.29 is 9.53 Å². The van der Waals surface area contributed by atoms with Crippen molar-refractivity contribution in [2.45, 2.75) is 32.9 Å². The molecule has 1 atom stereocenters. The topological polar surface area (TPSA) is 42.4 Å². The van der Waals surface area contributed by atoms with Crippen molar-refractivity contribution in [2.75, 3.05) is 13.7 Å². The van der Waals surface area contributed by atoms with Gasteiger partial charge >= 0.3 is 0 Å². The molecule has 0 aliphatic rings. The molecule has 0 N–H and O–H groups in total. The lowest BCUT2D eigenvalue weighted by Crippen LogP contribution is -2.36. The van der Waals surface area contributed by atoms with E-state index in [4.69, 9.17) is 4.74 Å². The van der Waals surface area contributed by atoms with Gasteiger partial charge in [0.15, 0.2) is 0 Å². The largest absolute Gasteiger partial charge is 0.369 e. The minimum absolute atomic E-state index is 0.00880. The summed E-state index contributed by atoms with van der Waals surface area (Å²) in [6, 6.07) is 8.05. The van der Waals surface area contributed by atoms with Crippen LogP contribution in [0.25, 0.3) is 10.8 Å². The van der Waals surface area contributed by atoms with E-state index in [2.05, 4.69) is 4.98 Å². The first kappa shape index (κ1) is 15.4. The Morgan fingerprint density at radius 2 is 2.19 bits per heavy atom. The molecule has 0 radical (unpaired) electrons. The Balaban J connectivity index is 2.11. The molecule has 21 heavy (non-hydrogen) atoms. The van der Waals surface area contributed by atoms with Crippen LogP contribution in [0.15, 0.2) is 36.7 Å². The van der Waals surface area contributed by atoms with Gasteiger partial charge in [-0.1, -0.05) is 25.1 Å². The van der Waals surface area contributed by atoms with Gasteiger partial charge in [0.25, 0.3) is 5.91 Å². The SMILES string of the molecule is CCCOC(C)C(=O)N(C)Cc1cccc2cnccc12. The molecule has 0 spiro atoms. The summed E-state index contributed by atoms with van der Waals surface area (Å²) in [5.41, 5.74) is 1.12. The van der Waals surface area contributed by atoms with Crippen LogP contribution < -0.4 is 0 Å². The number of likely N-dealkylation sites (N-methyl/N-ethyl adjacent to an activating group) is 1. The smallest absolute Gasteiger partial charge is 0.251 e. The molecule has 2 rings (SSSR count). The zero-order valence-electron chi connectivity index (χ0n) is 12.9. The Kier molecular flexibility index (Phi) is 5.28. The minimum atomic E-state index is -0.397. The molecular weight excluding hydrogens is 264 g/mol. The Morgan fingerprint density at radius 3 is 2.95 bits per heavy atom. The zero-order valence-corrected chi connectivity index (χ0v) is 12.9. The quantitative estimate of drug-likeness (QED) is 0.820. The van der Waals surface area contributed by atoms with Crippen LogP contribution in [0.3, 0.4) is 0 Å². The van der Waals surface area contributed by atoms with Gasteiger partial charge in [-0.2, -0.15) is 0 Å². The molecular formula is C17H22N2O2. The lowest BCUT2D eigenvalue weighted by molar-refractivity contribution is -0.141. The van der Waals surface area contributed by atoms with E-state index in [9.17, 15) is 4.79 Å². The van der Waals surface area contributed by atoms with Crippen molar-refractivity contribution >= 4 is 16.7 Å². The maximum absolute atomic E-state index is 12.3. The summed E-state index contributed by atoms with van der Waals surface area (Å²) in [4.78, 5) is 18.1. The van der Waals surface area contributed by atoms with Gasteiger partial charge in [0.1, 0.15) is 6.10 Å². The summed E-state index contributed by atoms with van der Waals surface area (Å²) in [7, 11) is 1.81. The monoisotopic (exact) mass is 286 g/mol. The van der Waals surface area contributed by atoms with Crippen molar-refractivity contribution in [2.24, 2.45) is 0 Å². The van der Waals surface area contributed by atoms with Crippen molar-refractivity contribution in [1.82, 2.24) is 9.88 Å². The van der Waals surface area contributed by atoms with Crippen LogP contribution in [0, 0.1) is 0 Å². The van der Waals surface area contributed by atoms with Crippen LogP contribution in [0.5, 0.6) is 0 Å². The number of pyridine rings is 1. The molecule has 0 bridgehead atoms. The highest BCUT2D eigenvalue weighted by molar-refractivity contribution is 5.86. The summed E-state index contributed by atoms with van der Waals surface area (Å²) in [6.45, 7) is 5.02. The van der Waals surface area contributed by atoms with E-state index in [-0.39, 0.29) is 5.91 Å². The first-order chi connectivity index (χ1) is 10.1. The first-order valence-electron chi connectivity index (χ1n) is 7.31. The first-order valence-corrected chi connectivity index (χ1v) is 7.31. The zero-order chi connectivity index (χ0) is 15.2. The number of ether oxygens (including phenoxy) is 1. The maximum Gasteiger partial charge on any atom is 0.251 e. The molecule has 0 saturated carbocycles. The third-order valence-corrected chi connectivity index (χ3v) is 3.47. The lowest BCUT2D eigenvalue weighted by atomic mass is 10.1. The molecule has 1 amide bonds. The van der Waals surface area contributed by atoms with Crippen LogP contribution in [-0.4, -0.2) is 35.5 Å². The molecule has 1 aromatic carbocycles. The van der Waals surface area contributed by atoms with Crippen LogP contribution in [0.2, 0.25) is 0 Å². The van der Waals surface area contributed by atoms with Crippen molar-refractivity contribution in [3.05, 3.63) is 42.2 Å². The molecule has 4 heteroatoms. The molecule has 4 nitrogen and oxygen atoms in total. The highest BCUT2D eigenvalue weighted by Crippen LogP contribution is 2.19. The molecule has 0 fully saturated rings. The molecule has 112 valence electrons. The van der Waals surface area contributed by atoms with Gasteiger partial charge in [-0.25, -0.2) is 0 Å². The van der Waals surface area contributed by atoms with E-state index in [0.717, 1.165) is 22.8 Å². The molecule has 0 aliphatic carbocycles. The number of aromatic nitrogens is 1. The fourth-order valence-electron chi connectivity index (χ4n) is 2.34. The predicted octanol–water partition coefficient (Wildman–Crippen LogP) is 3.01. The second-order valence-electron chi connectivity index (χ2n) is 5.22. The van der Waals surface area contributed by atoms with Crippen LogP contribution in [0.1, 0.15) is 25.8 Å². The van der Waals surface area contributed by atoms with E-state index in [0.29, 0.717) is 13.2 Å². The third kappa shape index (κ3) is 3.79. The fourth-order valence-corrected chi connectivity index (χ4v) is 2.34. The van der Waals surface area contributed by atoms with Crippen LogP contribution in [-0.2, 0) is 16.1 Å². The maximum atomic E-state index is 12.3. The Bertz CT molecular complexity index is 607. The van der Waals surface area contributed by atoms with Crippen LogP contribution >= 0.6 is 0 Å². The molecule has 0 aliphatic heterocycles. The van der Waals surface area contributed by atoms with Crippen molar-refractivity contribution in [3.8, 4) is 0 Å². The molecule has 1 heterocycles. The van der Waals surface area contributed by atoms with Gasteiger partial charge in [0.05, 0.1) is 0 Å². The lowest BCUT2D eigenvalue weighted by Gasteiger charge is -2.22. The van der Waals surface area contributed by atoms with Gasteiger partial charge in [0.2, 0.25) is 0 Å². The number of fused-ring (bicyclic) bond motifs is 1. The summed E-state index contributed by atoms with van der Waals surface area (Å²) >= 11 is 0. The number of rotatable bonds is 6. The predicted molar refractivity (Wildman–Crippen MR) is 83.9 cm³/mol. The number of carbonyl (C=O) groups excluding carboxylic acids is 1. The van der Waals surface area contributed by atoms with Gasteiger partial charge in [-0.3, -0.25) is 9.78 Å². The number of carbonyl (C=O) groups is 1. The van der Waals surface area contributed by atoms with E-state index < -0.39 is 6.10 Å². The number of hydrogen-bond acceptors (Lipinski definition) is 3. The summed E-state index contributed by atoms with van der Waals surface area (Å²) in [5, 5.41) is 2.22. The third-order valence-electron chi connectivity index (χ3n) is 3.47. The summed E-state index contributed by atoms with van der Waals surface area (Å²) in [6.07, 6.45) is 4.14. The second kappa shape index (κ2) is 7.18. The average Bonchev–Trinajstić information content (AvgIpc) is 2.52. The molecule has 0 saturated heterocycles. The van der Waals surface area contributed by atoms with Gasteiger partial charge in [-0.05, 0) is 30.4 Å². The second-order valence-corrected chi connectivity index (χ2v) is 5.22. The number of nitrogens with zero attached hydrogens (tertiary/aromatic N) is 2. The summed E-state index contributed by atoms with van der Waals surface area (Å²) < 4.78 is 5.50. The Labute approximate surface area is 125 Å². The normalized spacial score (nSPS) is 12.3. The van der Waals surface area contributed by atoms with E-state index in [1.807, 2.05) is 51.4 Å². The minimum Gasteiger partial charge on any atom is -0.369 e.